The Hall–Kier alpha value is -2.11. The molecule has 0 saturated heterocycles. The molecule has 0 aromatic heterocycles. The predicted octanol–water partition coefficient (Wildman–Crippen LogP) is 4.79. The fourth-order valence-corrected chi connectivity index (χ4v) is 3.08. The number of carbonyl (C=O) groups is 1. The highest BCUT2D eigenvalue weighted by atomic mass is 35.5. The van der Waals surface area contributed by atoms with Crippen LogP contribution in [0.5, 0.6) is 0 Å². The second-order valence-corrected chi connectivity index (χ2v) is 6.77. The lowest BCUT2D eigenvalue weighted by Crippen LogP contribution is -2.37. The summed E-state index contributed by atoms with van der Waals surface area (Å²) in [6.45, 7) is 2.71. The lowest BCUT2D eigenvalue weighted by Gasteiger charge is -2.23. The van der Waals surface area contributed by atoms with Crippen LogP contribution < -0.4 is 0 Å². The van der Waals surface area contributed by atoms with E-state index in [-0.39, 0.29) is 12.0 Å². The quantitative estimate of drug-likeness (QED) is 0.731. The number of halogens is 3. The second-order valence-electron chi connectivity index (χ2n) is 5.95. The molecule has 1 amide bonds. The van der Waals surface area contributed by atoms with Gasteiger partial charge in [0.1, 0.15) is 5.82 Å². The molecule has 2 aromatic carbocycles. The summed E-state index contributed by atoms with van der Waals surface area (Å²) in [5.74, 6) is -0.673. The number of amides is 1. The SMILES string of the molecule is CCN(C[C@@H]1CC(c2ccc(Cl)c(Cl)c2)=NO1)C(=O)c1cccc(F)c1. The Bertz CT molecular complexity index is 857. The summed E-state index contributed by atoms with van der Waals surface area (Å²) in [7, 11) is 0. The van der Waals surface area contributed by atoms with Crippen LogP contribution in [0.4, 0.5) is 4.39 Å². The maximum Gasteiger partial charge on any atom is 0.254 e. The fourth-order valence-electron chi connectivity index (χ4n) is 2.78. The van der Waals surface area contributed by atoms with Crippen molar-refractivity contribution in [2.75, 3.05) is 13.1 Å². The van der Waals surface area contributed by atoms with Gasteiger partial charge in [-0.3, -0.25) is 4.79 Å². The molecule has 1 aliphatic heterocycles. The van der Waals surface area contributed by atoms with E-state index in [1.54, 1.807) is 23.1 Å². The van der Waals surface area contributed by atoms with Gasteiger partial charge in [0, 0.05) is 24.1 Å². The summed E-state index contributed by atoms with van der Waals surface area (Å²) >= 11 is 12.0. The van der Waals surface area contributed by atoms with Gasteiger partial charge in [-0.25, -0.2) is 4.39 Å². The molecule has 0 fully saturated rings. The Balaban J connectivity index is 1.65. The number of likely N-dealkylation sites (N-methyl/N-ethyl adjacent to an activating group) is 1. The van der Waals surface area contributed by atoms with E-state index in [9.17, 15) is 9.18 Å². The van der Waals surface area contributed by atoms with Crippen LogP contribution in [0, 0.1) is 5.82 Å². The molecule has 0 bridgehead atoms. The largest absolute Gasteiger partial charge is 0.390 e. The third kappa shape index (κ3) is 4.17. The van der Waals surface area contributed by atoms with Crippen LogP contribution in [0.25, 0.3) is 0 Å². The van der Waals surface area contributed by atoms with Crippen molar-refractivity contribution in [3.8, 4) is 0 Å². The first-order valence-electron chi connectivity index (χ1n) is 8.21. The molecular weight excluding hydrogens is 378 g/mol. The minimum atomic E-state index is -0.436. The second kappa shape index (κ2) is 8.06. The highest BCUT2D eigenvalue weighted by Gasteiger charge is 2.27. The van der Waals surface area contributed by atoms with E-state index < -0.39 is 5.82 Å². The smallest absolute Gasteiger partial charge is 0.254 e. The molecule has 3 rings (SSSR count). The number of rotatable bonds is 5. The van der Waals surface area contributed by atoms with E-state index in [0.29, 0.717) is 35.1 Å². The van der Waals surface area contributed by atoms with Gasteiger partial charge in [-0.05, 0) is 37.3 Å². The van der Waals surface area contributed by atoms with Crippen molar-refractivity contribution in [2.45, 2.75) is 19.4 Å². The average molecular weight is 395 g/mol. The van der Waals surface area contributed by atoms with Gasteiger partial charge in [0.15, 0.2) is 6.10 Å². The predicted molar refractivity (Wildman–Crippen MR) is 100 cm³/mol. The molecule has 0 spiro atoms. The first-order valence-corrected chi connectivity index (χ1v) is 8.96. The van der Waals surface area contributed by atoms with E-state index in [1.165, 1.54) is 18.2 Å². The van der Waals surface area contributed by atoms with Crippen LogP contribution in [0.3, 0.4) is 0 Å². The average Bonchev–Trinajstić information content (AvgIpc) is 3.10. The molecule has 0 N–H and O–H groups in total. The van der Waals surface area contributed by atoms with Crippen molar-refractivity contribution in [1.82, 2.24) is 4.90 Å². The van der Waals surface area contributed by atoms with E-state index in [0.717, 1.165) is 11.3 Å². The van der Waals surface area contributed by atoms with Crippen molar-refractivity contribution in [2.24, 2.45) is 5.16 Å². The summed E-state index contributed by atoms with van der Waals surface area (Å²) in [5.41, 5.74) is 1.90. The summed E-state index contributed by atoms with van der Waals surface area (Å²) in [6, 6.07) is 10.9. The first-order chi connectivity index (χ1) is 12.5. The molecule has 0 radical (unpaired) electrons. The lowest BCUT2D eigenvalue weighted by molar-refractivity contribution is 0.0435. The van der Waals surface area contributed by atoms with Crippen molar-refractivity contribution >= 4 is 34.8 Å². The lowest BCUT2D eigenvalue weighted by atomic mass is 10.0. The third-order valence-corrected chi connectivity index (χ3v) is 4.89. The van der Waals surface area contributed by atoms with Gasteiger partial charge >= 0.3 is 0 Å². The molecule has 136 valence electrons. The summed E-state index contributed by atoms with van der Waals surface area (Å²) < 4.78 is 13.4. The minimum absolute atomic E-state index is 0.237. The Kier molecular flexibility index (Phi) is 5.79. The van der Waals surface area contributed by atoms with Gasteiger partial charge in [-0.15, -0.1) is 0 Å². The molecule has 1 heterocycles. The number of hydrogen-bond acceptors (Lipinski definition) is 3. The van der Waals surface area contributed by atoms with Crippen LogP contribution in [-0.4, -0.2) is 35.7 Å². The number of nitrogens with zero attached hydrogens (tertiary/aromatic N) is 2. The number of carbonyl (C=O) groups excluding carboxylic acids is 1. The van der Waals surface area contributed by atoms with Crippen LogP contribution in [0.1, 0.15) is 29.3 Å². The Morgan fingerprint density at radius 1 is 1.27 bits per heavy atom. The summed E-state index contributed by atoms with van der Waals surface area (Å²) in [6.07, 6.45) is 0.280. The van der Waals surface area contributed by atoms with E-state index in [1.807, 2.05) is 13.0 Å². The maximum absolute atomic E-state index is 13.4. The third-order valence-electron chi connectivity index (χ3n) is 4.15. The topological polar surface area (TPSA) is 41.9 Å². The molecule has 26 heavy (non-hydrogen) atoms. The van der Waals surface area contributed by atoms with Gasteiger partial charge < -0.3 is 9.74 Å². The highest BCUT2D eigenvalue weighted by Crippen LogP contribution is 2.26. The summed E-state index contributed by atoms with van der Waals surface area (Å²) in [5, 5.41) is 5.04. The minimum Gasteiger partial charge on any atom is -0.390 e. The number of oxime groups is 1. The zero-order chi connectivity index (χ0) is 18.7. The molecule has 4 nitrogen and oxygen atoms in total. The fraction of sp³-hybridized carbons (Fsp3) is 0.263. The summed E-state index contributed by atoms with van der Waals surface area (Å²) in [4.78, 5) is 19.7. The molecule has 0 unspecified atom stereocenters. The van der Waals surface area contributed by atoms with Crippen LogP contribution in [-0.2, 0) is 4.84 Å². The van der Waals surface area contributed by atoms with E-state index >= 15 is 0 Å². The Morgan fingerprint density at radius 2 is 2.08 bits per heavy atom. The van der Waals surface area contributed by atoms with Gasteiger partial charge in [0.2, 0.25) is 0 Å². The zero-order valence-corrected chi connectivity index (χ0v) is 15.6. The standard InChI is InChI=1S/C19H17Cl2FN2O2/c1-2-24(19(25)13-4-3-5-14(22)8-13)11-15-10-18(23-26-15)12-6-7-16(20)17(21)9-12/h3-9,15H,2,10-11H2,1H3/t15-/m0/s1. The van der Waals surface area contributed by atoms with Gasteiger partial charge in [-0.1, -0.05) is 40.5 Å². The van der Waals surface area contributed by atoms with Gasteiger partial charge in [0.25, 0.3) is 5.91 Å². The normalized spacial score (nSPS) is 16.2. The maximum atomic E-state index is 13.4. The monoisotopic (exact) mass is 394 g/mol. The van der Waals surface area contributed by atoms with Gasteiger partial charge in [-0.2, -0.15) is 0 Å². The van der Waals surface area contributed by atoms with Gasteiger partial charge in [0.05, 0.1) is 22.3 Å². The molecule has 2 aromatic rings. The van der Waals surface area contributed by atoms with Crippen molar-refractivity contribution in [1.29, 1.82) is 0 Å². The van der Waals surface area contributed by atoms with Crippen molar-refractivity contribution in [3.63, 3.8) is 0 Å². The molecule has 1 aliphatic rings. The Morgan fingerprint density at radius 3 is 2.77 bits per heavy atom. The molecule has 1 atom stereocenters. The highest BCUT2D eigenvalue weighted by molar-refractivity contribution is 6.42. The van der Waals surface area contributed by atoms with Crippen LogP contribution >= 0.6 is 23.2 Å². The molecule has 7 heteroatoms. The van der Waals surface area contributed by atoms with E-state index in [2.05, 4.69) is 5.16 Å². The zero-order valence-electron chi connectivity index (χ0n) is 14.1. The number of hydrogen-bond donors (Lipinski definition) is 0. The Labute approximate surface area is 161 Å². The number of benzene rings is 2. The van der Waals surface area contributed by atoms with Crippen molar-refractivity contribution < 1.29 is 14.0 Å². The molecule has 0 saturated carbocycles. The molecular formula is C19H17Cl2FN2O2. The van der Waals surface area contributed by atoms with Crippen LogP contribution in [0.15, 0.2) is 47.6 Å². The first kappa shape index (κ1) is 18.7. The van der Waals surface area contributed by atoms with E-state index in [4.69, 9.17) is 28.0 Å². The van der Waals surface area contributed by atoms with Crippen LogP contribution in [0.2, 0.25) is 10.0 Å². The molecule has 0 aliphatic carbocycles. The van der Waals surface area contributed by atoms with Crippen molar-refractivity contribution in [3.05, 3.63) is 69.5 Å².